The first kappa shape index (κ1) is 19.0. The molecule has 24 heavy (non-hydrogen) atoms. The van der Waals surface area contributed by atoms with Gasteiger partial charge in [0.1, 0.15) is 6.10 Å². The van der Waals surface area contributed by atoms with Crippen LogP contribution < -0.4 is 10.2 Å². The van der Waals surface area contributed by atoms with E-state index >= 15 is 0 Å². The highest BCUT2D eigenvalue weighted by Crippen LogP contribution is 2.19. The number of rotatable bonds is 7. The van der Waals surface area contributed by atoms with Crippen LogP contribution >= 0.6 is 8.00 Å². The molecule has 132 valence electrons. The molecule has 3 N–H and O–H groups in total. The number of aromatic carboxylic acids is 1. The zero-order chi connectivity index (χ0) is 17.5. The van der Waals surface area contributed by atoms with Crippen LogP contribution in [0.1, 0.15) is 42.1 Å². The molecule has 0 amide bonds. The molecule has 1 heterocycles. The highest BCUT2D eigenvalue weighted by molar-refractivity contribution is 7.46. The van der Waals surface area contributed by atoms with Gasteiger partial charge in [0.25, 0.3) is 0 Å². The van der Waals surface area contributed by atoms with Crippen LogP contribution in [0.25, 0.3) is 0 Å². The van der Waals surface area contributed by atoms with Crippen molar-refractivity contribution in [3.8, 4) is 0 Å². The number of carboxylic acids is 1. The average molecular weight is 353 g/mol. The molecule has 0 aromatic heterocycles. The predicted molar refractivity (Wildman–Crippen MR) is 92.3 cm³/mol. The van der Waals surface area contributed by atoms with Gasteiger partial charge in [0.05, 0.1) is 12.2 Å². The van der Waals surface area contributed by atoms with E-state index < -0.39 is 14.0 Å². The Kier molecular flexibility index (Phi) is 7.34. The standard InChI is InChI=1S/C17H24NO5P/c1-2-3-7-16(24(21)22)15-10-18-14(11-23-15)9-12-5-4-6-13(8-12)17(19)20/h4-6,8,14-15,18H,2-3,7,9-11H2,1H3,(H,19,20)(H,21,22)/t14-,15+/m1/s1. The minimum atomic E-state index is -2.34. The molecular weight excluding hydrogens is 329 g/mol. The van der Waals surface area contributed by atoms with Gasteiger partial charge in [-0.1, -0.05) is 25.5 Å². The number of unbranched alkanes of at least 4 members (excludes halogenated alkanes) is 1. The van der Waals surface area contributed by atoms with Gasteiger partial charge in [-0.05, 0) is 30.5 Å². The Morgan fingerprint density at radius 3 is 2.88 bits per heavy atom. The molecule has 1 aliphatic rings. The molecule has 1 aliphatic heterocycles. The second kappa shape index (κ2) is 9.25. The SMILES string of the molecule is CCCCC([C@@H]1CN[C@H](Cc2cccc(C(=O)O)c2)CO1)=[P+]([O-])O. The van der Waals surface area contributed by atoms with E-state index in [4.69, 9.17) is 9.84 Å². The quantitative estimate of drug-likeness (QED) is 0.639. The van der Waals surface area contributed by atoms with Crippen molar-refractivity contribution in [2.75, 3.05) is 13.2 Å². The van der Waals surface area contributed by atoms with Gasteiger partial charge in [0.15, 0.2) is 5.29 Å². The van der Waals surface area contributed by atoms with Crippen LogP contribution in [0, 0.1) is 0 Å². The molecule has 1 saturated heterocycles. The van der Waals surface area contributed by atoms with Crippen molar-refractivity contribution < 1.29 is 24.4 Å². The van der Waals surface area contributed by atoms with Crippen LogP contribution in [0.4, 0.5) is 0 Å². The molecule has 7 heteroatoms. The first-order valence-electron chi connectivity index (χ1n) is 8.20. The summed E-state index contributed by atoms with van der Waals surface area (Å²) in [6.07, 6.45) is 2.78. The van der Waals surface area contributed by atoms with Crippen LogP contribution in [0.15, 0.2) is 24.3 Å². The summed E-state index contributed by atoms with van der Waals surface area (Å²) in [5.74, 6) is -0.938. The van der Waals surface area contributed by atoms with Crippen LogP contribution in [-0.4, -0.2) is 46.6 Å². The average Bonchev–Trinajstić information content (AvgIpc) is 2.56. The first-order valence-corrected chi connectivity index (χ1v) is 9.41. The highest BCUT2D eigenvalue weighted by atomic mass is 31.1. The van der Waals surface area contributed by atoms with Crippen LogP contribution in [-0.2, 0) is 11.2 Å². The van der Waals surface area contributed by atoms with Crippen molar-refractivity contribution in [1.82, 2.24) is 5.32 Å². The molecule has 0 aliphatic carbocycles. The lowest BCUT2D eigenvalue weighted by Gasteiger charge is -2.30. The van der Waals surface area contributed by atoms with Gasteiger partial charge in [-0.25, -0.2) is 4.79 Å². The summed E-state index contributed by atoms with van der Waals surface area (Å²) in [6, 6.07) is 6.93. The topological polar surface area (TPSA) is 102 Å². The van der Waals surface area contributed by atoms with Gasteiger partial charge in [-0.15, -0.1) is 0 Å². The lowest BCUT2D eigenvalue weighted by atomic mass is 10.0. The number of benzene rings is 1. The third kappa shape index (κ3) is 5.36. The van der Waals surface area contributed by atoms with E-state index in [-0.39, 0.29) is 17.7 Å². The van der Waals surface area contributed by atoms with E-state index in [0.29, 0.717) is 31.3 Å². The van der Waals surface area contributed by atoms with E-state index in [9.17, 15) is 14.6 Å². The fraction of sp³-hybridized carbons (Fsp3) is 0.529. The molecule has 1 aromatic carbocycles. The van der Waals surface area contributed by atoms with Crippen LogP contribution in [0.2, 0.25) is 0 Å². The maximum Gasteiger partial charge on any atom is 0.335 e. The Balaban J connectivity index is 1.92. The van der Waals surface area contributed by atoms with Crippen molar-refractivity contribution in [3.63, 3.8) is 0 Å². The van der Waals surface area contributed by atoms with Crippen LogP contribution in [0.5, 0.6) is 0 Å². The molecule has 0 bridgehead atoms. The van der Waals surface area contributed by atoms with Crippen molar-refractivity contribution >= 4 is 19.3 Å². The number of hydrogen-bond acceptors (Lipinski definition) is 5. The summed E-state index contributed by atoms with van der Waals surface area (Å²) < 4.78 is 5.80. The summed E-state index contributed by atoms with van der Waals surface area (Å²) in [5, 5.41) is 13.0. The molecule has 2 rings (SSSR count). The van der Waals surface area contributed by atoms with E-state index in [1.54, 1.807) is 18.2 Å². The second-order valence-corrected chi connectivity index (χ2v) is 7.12. The number of hydrogen-bond donors (Lipinski definition) is 3. The summed E-state index contributed by atoms with van der Waals surface area (Å²) in [7, 11) is -2.34. The first-order chi connectivity index (χ1) is 11.5. The molecule has 1 fully saturated rings. The van der Waals surface area contributed by atoms with E-state index in [0.717, 1.165) is 18.4 Å². The summed E-state index contributed by atoms with van der Waals surface area (Å²) in [5.41, 5.74) is 1.20. The maximum atomic E-state index is 11.5. The maximum absolute atomic E-state index is 11.5. The van der Waals surface area contributed by atoms with Gasteiger partial charge in [0, 0.05) is 19.0 Å². The minimum Gasteiger partial charge on any atom is -0.603 e. The van der Waals surface area contributed by atoms with Crippen molar-refractivity contribution in [2.45, 2.75) is 44.8 Å². The lowest BCUT2D eigenvalue weighted by molar-refractivity contribution is -0.168. The Morgan fingerprint density at radius 2 is 2.29 bits per heavy atom. The van der Waals surface area contributed by atoms with Gasteiger partial charge in [-0.3, -0.25) is 0 Å². The number of morpholine rings is 1. The largest absolute Gasteiger partial charge is 0.603 e. The van der Waals surface area contributed by atoms with Gasteiger partial charge in [0.2, 0.25) is 8.00 Å². The second-order valence-electron chi connectivity index (χ2n) is 6.00. The zero-order valence-corrected chi connectivity index (χ0v) is 14.7. The Morgan fingerprint density at radius 1 is 1.50 bits per heavy atom. The normalized spacial score (nSPS) is 22.1. The third-order valence-corrected chi connectivity index (χ3v) is 5.15. The number of ether oxygens (including phenoxy) is 1. The van der Waals surface area contributed by atoms with Crippen molar-refractivity contribution in [3.05, 3.63) is 35.4 Å². The number of carboxylic acid groups (broad SMARTS) is 1. The predicted octanol–water partition coefficient (Wildman–Crippen LogP) is 1.31. The monoisotopic (exact) mass is 353 g/mol. The van der Waals surface area contributed by atoms with E-state index in [2.05, 4.69) is 5.32 Å². The van der Waals surface area contributed by atoms with Gasteiger partial charge < -0.3 is 20.1 Å². The van der Waals surface area contributed by atoms with E-state index in [1.807, 2.05) is 13.0 Å². The molecule has 0 spiro atoms. The molecule has 1 aromatic rings. The van der Waals surface area contributed by atoms with Gasteiger partial charge in [-0.2, -0.15) is 4.89 Å². The summed E-state index contributed by atoms with van der Waals surface area (Å²) >= 11 is 0. The smallest absolute Gasteiger partial charge is 0.335 e. The lowest BCUT2D eigenvalue weighted by Crippen LogP contribution is -2.50. The van der Waals surface area contributed by atoms with Gasteiger partial charge >= 0.3 is 5.97 Å². The molecule has 0 saturated carbocycles. The van der Waals surface area contributed by atoms with E-state index in [1.165, 1.54) is 0 Å². The van der Waals surface area contributed by atoms with Crippen molar-refractivity contribution in [1.29, 1.82) is 0 Å². The zero-order valence-electron chi connectivity index (χ0n) is 13.8. The highest BCUT2D eigenvalue weighted by Gasteiger charge is 2.29. The summed E-state index contributed by atoms with van der Waals surface area (Å²) in [4.78, 5) is 32.0. The molecule has 1 unspecified atom stereocenters. The third-order valence-electron chi connectivity index (χ3n) is 4.15. The minimum absolute atomic E-state index is 0.0642. The molecular formula is C17H24NO5P. The van der Waals surface area contributed by atoms with Crippen LogP contribution in [0.3, 0.4) is 0 Å². The number of carbonyl (C=O) groups is 1. The fourth-order valence-electron chi connectivity index (χ4n) is 2.82. The Labute approximate surface area is 143 Å². The Bertz CT molecular complexity index is 592. The van der Waals surface area contributed by atoms with Crippen molar-refractivity contribution in [2.24, 2.45) is 0 Å². The number of nitrogens with one attached hydrogen (secondary N) is 1. The molecule has 0 radical (unpaired) electrons. The molecule has 3 atom stereocenters. The molecule has 6 nitrogen and oxygen atoms in total. The fourth-order valence-corrected chi connectivity index (χ4v) is 3.58. The summed E-state index contributed by atoms with van der Waals surface area (Å²) in [6.45, 7) is 2.98. The Hall–Kier alpha value is -1.30.